The molecule has 1 aromatic carbocycles. The first kappa shape index (κ1) is 13.7. The third-order valence-corrected chi connectivity index (χ3v) is 3.82. The summed E-state index contributed by atoms with van der Waals surface area (Å²) in [6.07, 6.45) is 3.39. The Morgan fingerprint density at radius 2 is 2.32 bits per heavy atom. The molecule has 1 amide bonds. The predicted molar refractivity (Wildman–Crippen MR) is 75.9 cm³/mol. The van der Waals surface area contributed by atoms with E-state index in [1.54, 1.807) is 18.2 Å². The number of ether oxygens (including phenoxy) is 1. The van der Waals surface area contributed by atoms with E-state index in [9.17, 15) is 4.79 Å². The molecule has 1 aliphatic carbocycles. The van der Waals surface area contributed by atoms with E-state index in [2.05, 4.69) is 19.2 Å². The number of anilines is 1. The van der Waals surface area contributed by atoms with E-state index in [0.717, 1.165) is 12.8 Å². The van der Waals surface area contributed by atoms with Gasteiger partial charge in [-0.1, -0.05) is 26.3 Å². The number of benzene rings is 1. The van der Waals surface area contributed by atoms with Crippen molar-refractivity contribution >= 4 is 11.6 Å². The lowest BCUT2D eigenvalue weighted by Gasteiger charge is -2.27. The number of hydrogen-bond acceptors (Lipinski definition) is 3. The Hall–Kier alpha value is -1.71. The molecular weight excluding hydrogens is 240 g/mol. The van der Waals surface area contributed by atoms with Gasteiger partial charge in [-0.3, -0.25) is 4.79 Å². The molecule has 1 aliphatic rings. The van der Waals surface area contributed by atoms with Gasteiger partial charge < -0.3 is 15.8 Å². The van der Waals surface area contributed by atoms with Crippen LogP contribution in [0.2, 0.25) is 0 Å². The minimum atomic E-state index is -0.0672. The summed E-state index contributed by atoms with van der Waals surface area (Å²) in [4.78, 5) is 11.9. The SMILES string of the molecule is CC1(C)CCCC1NC(=O)COc1cccc(N)c1. The molecule has 1 unspecified atom stereocenters. The molecule has 1 saturated carbocycles. The minimum Gasteiger partial charge on any atom is -0.484 e. The quantitative estimate of drug-likeness (QED) is 0.819. The number of carbonyl (C=O) groups excluding carboxylic acids is 1. The second-order valence-electron chi connectivity index (χ2n) is 5.86. The monoisotopic (exact) mass is 262 g/mol. The maximum absolute atomic E-state index is 11.9. The van der Waals surface area contributed by atoms with Crippen molar-refractivity contribution < 1.29 is 9.53 Å². The Bertz CT molecular complexity index is 457. The number of carbonyl (C=O) groups is 1. The van der Waals surface area contributed by atoms with E-state index in [0.29, 0.717) is 11.4 Å². The molecule has 0 heterocycles. The normalized spacial score (nSPS) is 21.1. The highest BCUT2D eigenvalue weighted by Gasteiger charge is 2.35. The standard InChI is InChI=1S/C15H22N2O2/c1-15(2)8-4-7-13(15)17-14(18)10-19-12-6-3-5-11(16)9-12/h3,5-6,9,13H,4,7-8,10,16H2,1-2H3,(H,17,18). The van der Waals surface area contributed by atoms with E-state index in [1.165, 1.54) is 6.42 Å². The summed E-state index contributed by atoms with van der Waals surface area (Å²) in [5.74, 6) is 0.559. The van der Waals surface area contributed by atoms with Gasteiger partial charge in [0.1, 0.15) is 5.75 Å². The second-order valence-corrected chi connectivity index (χ2v) is 5.86. The van der Waals surface area contributed by atoms with Crippen LogP contribution < -0.4 is 15.8 Å². The third kappa shape index (κ3) is 3.63. The molecule has 0 aromatic heterocycles. The summed E-state index contributed by atoms with van der Waals surface area (Å²) in [6, 6.07) is 7.36. The van der Waals surface area contributed by atoms with Crippen molar-refractivity contribution in [1.29, 1.82) is 0 Å². The maximum Gasteiger partial charge on any atom is 0.258 e. The van der Waals surface area contributed by atoms with Gasteiger partial charge in [0.15, 0.2) is 6.61 Å². The third-order valence-electron chi connectivity index (χ3n) is 3.82. The van der Waals surface area contributed by atoms with Gasteiger partial charge in [-0.2, -0.15) is 0 Å². The molecule has 4 nitrogen and oxygen atoms in total. The Morgan fingerprint density at radius 1 is 1.53 bits per heavy atom. The summed E-state index contributed by atoms with van der Waals surface area (Å²) in [7, 11) is 0. The topological polar surface area (TPSA) is 64.3 Å². The average Bonchev–Trinajstić information content (AvgIpc) is 2.66. The maximum atomic E-state index is 11.9. The Labute approximate surface area is 114 Å². The number of nitrogens with one attached hydrogen (secondary N) is 1. The molecule has 1 fully saturated rings. The smallest absolute Gasteiger partial charge is 0.258 e. The van der Waals surface area contributed by atoms with Gasteiger partial charge in [-0.25, -0.2) is 0 Å². The first-order chi connectivity index (χ1) is 8.97. The van der Waals surface area contributed by atoms with E-state index in [4.69, 9.17) is 10.5 Å². The molecule has 0 bridgehead atoms. The van der Waals surface area contributed by atoms with Crippen molar-refractivity contribution in [2.75, 3.05) is 12.3 Å². The molecule has 1 atom stereocenters. The molecular formula is C15H22N2O2. The van der Waals surface area contributed by atoms with Crippen LogP contribution in [-0.2, 0) is 4.79 Å². The van der Waals surface area contributed by atoms with Crippen LogP contribution in [0.5, 0.6) is 5.75 Å². The Morgan fingerprint density at radius 3 is 2.95 bits per heavy atom. The van der Waals surface area contributed by atoms with Crippen LogP contribution in [0.1, 0.15) is 33.1 Å². The lowest BCUT2D eigenvalue weighted by Crippen LogP contribution is -2.43. The van der Waals surface area contributed by atoms with E-state index < -0.39 is 0 Å². The zero-order chi connectivity index (χ0) is 13.9. The number of nitrogens with two attached hydrogens (primary N) is 1. The largest absolute Gasteiger partial charge is 0.484 e. The van der Waals surface area contributed by atoms with Crippen molar-refractivity contribution in [1.82, 2.24) is 5.32 Å². The lowest BCUT2D eigenvalue weighted by molar-refractivity contribution is -0.124. The molecule has 1 aromatic rings. The summed E-state index contributed by atoms with van der Waals surface area (Å²) in [5.41, 5.74) is 6.47. The number of nitrogen functional groups attached to an aromatic ring is 1. The summed E-state index contributed by atoms with van der Waals surface area (Å²) in [5, 5.41) is 3.06. The second kappa shape index (κ2) is 5.51. The molecule has 19 heavy (non-hydrogen) atoms. The minimum absolute atomic E-state index is 0.0377. The van der Waals surface area contributed by atoms with Gasteiger partial charge in [0.2, 0.25) is 0 Å². The lowest BCUT2D eigenvalue weighted by atomic mass is 9.87. The molecule has 104 valence electrons. The predicted octanol–water partition coefficient (Wildman–Crippen LogP) is 2.34. The van der Waals surface area contributed by atoms with Crippen molar-refractivity contribution in [3.8, 4) is 5.75 Å². The average molecular weight is 262 g/mol. The van der Waals surface area contributed by atoms with Gasteiger partial charge in [-0.15, -0.1) is 0 Å². The van der Waals surface area contributed by atoms with Crippen molar-refractivity contribution in [3.05, 3.63) is 24.3 Å². The van der Waals surface area contributed by atoms with Gasteiger partial charge in [0, 0.05) is 17.8 Å². The zero-order valence-electron chi connectivity index (χ0n) is 11.6. The molecule has 0 saturated heterocycles. The van der Waals surface area contributed by atoms with Gasteiger partial charge in [0.25, 0.3) is 5.91 Å². The first-order valence-corrected chi connectivity index (χ1v) is 6.75. The van der Waals surface area contributed by atoms with Crippen LogP contribution in [0.15, 0.2) is 24.3 Å². The van der Waals surface area contributed by atoms with Crippen LogP contribution in [0.3, 0.4) is 0 Å². The fourth-order valence-electron chi connectivity index (χ4n) is 2.58. The Kier molecular flexibility index (Phi) is 3.98. The van der Waals surface area contributed by atoms with E-state index >= 15 is 0 Å². The number of amides is 1. The van der Waals surface area contributed by atoms with Crippen molar-refractivity contribution in [3.63, 3.8) is 0 Å². The summed E-state index contributed by atoms with van der Waals surface area (Å²) in [6.45, 7) is 4.43. The summed E-state index contributed by atoms with van der Waals surface area (Å²) < 4.78 is 5.44. The molecule has 0 spiro atoms. The molecule has 4 heteroatoms. The van der Waals surface area contributed by atoms with Gasteiger partial charge in [-0.05, 0) is 30.4 Å². The van der Waals surface area contributed by atoms with E-state index in [1.807, 2.05) is 6.07 Å². The van der Waals surface area contributed by atoms with Crippen molar-refractivity contribution in [2.45, 2.75) is 39.2 Å². The van der Waals surface area contributed by atoms with Crippen LogP contribution in [0, 0.1) is 5.41 Å². The fourth-order valence-corrected chi connectivity index (χ4v) is 2.58. The van der Waals surface area contributed by atoms with Crippen LogP contribution in [-0.4, -0.2) is 18.6 Å². The van der Waals surface area contributed by atoms with Crippen LogP contribution in [0.25, 0.3) is 0 Å². The van der Waals surface area contributed by atoms with Crippen LogP contribution in [0.4, 0.5) is 5.69 Å². The highest BCUT2D eigenvalue weighted by atomic mass is 16.5. The molecule has 0 radical (unpaired) electrons. The van der Waals surface area contributed by atoms with E-state index in [-0.39, 0.29) is 24.0 Å². The number of rotatable bonds is 4. The highest BCUT2D eigenvalue weighted by Crippen LogP contribution is 2.37. The van der Waals surface area contributed by atoms with Gasteiger partial charge >= 0.3 is 0 Å². The Balaban J connectivity index is 1.82. The van der Waals surface area contributed by atoms with Crippen molar-refractivity contribution in [2.24, 2.45) is 5.41 Å². The first-order valence-electron chi connectivity index (χ1n) is 6.75. The summed E-state index contributed by atoms with van der Waals surface area (Å²) >= 11 is 0. The highest BCUT2D eigenvalue weighted by molar-refractivity contribution is 5.78. The van der Waals surface area contributed by atoms with Gasteiger partial charge in [0.05, 0.1) is 0 Å². The zero-order valence-corrected chi connectivity index (χ0v) is 11.6. The van der Waals surface area contributed by atoms with Crippen LogP contribution >= 0.6 is 0 Å². The molecule has 3 N–H and O–H groups in total. The molecule has 2 rings (SSSR count). The molecule has 0 aliphatic heterocycles. The fraction of sp³-hybridized carbons (Fsp3) is 0.533. The number of hydrogen-bond donors (Lipinski definition) is 2.